The molecule has 0 spiro atoms. The van der Waals surface area contributed by atoms with Crippen LogP contribution >= 0.6 is 11.6 Å². The molecule has 1 saturated heterocycles. The van der Waals surface area contributed by atoms with Crippen LogP contribution in [0, 0.1) is 5.92 Å². The SMILES string of the molecule is CN(CC1CCOCC1)S(=O)(=O)c1ccc(CN)c(Cl)c1. The highest BCUT2D eigenvalue weighted by molar-refractivity contribution is 7.89. The molecule has 0 aromatic heterocycles. The highest BCUT2D eigenvalue weighted by Crippen LogP contribution is 2.24. The molecule has 118 valence electrons. The monoisotopic (exact) mass is 332 g/mol. The molecule has 7 heteroatoms. The molecule has 0 atom stereocenters. The van der Waals surface area contributed by atoms with E-state index in [-0.39, 0.29) is 11.4 Å². The molecule has 1 aromatic carbocycles. The van der Waals surface area contributed by atoms with Crippen LogP contribution in [-0.2, 0) is 21.3 Å². The van der Waals surface area contributed by atoms with Crippen LogP contribution in [0.5, 0.6) is 0 Å². The molecule has 0 bridgehead atoms. The minimum Gasteiger partial charge on any atom is -0.381 e. The summed E-state index contributed by atoms with van der Waals surface area (Å²) in [5.41, 5.74) is 6.28. The van der Waals surface area contributed by atoms with E-state index >= 15 is 0 Å². The van der Waals surface area contributed by atoms with Crippen molar-refractivity contribution in [2.75, 3.05) is 26.8 Å². The zero-order valence-corrected chi connectivity index (χ0v) is 13.7. The first-order chi connectivity index (χ1) is 9.95. The molecule has 1 aliphatic heterocycles. The molecule has 0 saturated carbocycles. The Morgan fingerprint density at radius 3 is 2.62 bits per heavy atom. The van der Waals surface area contributed by atoms with Crippen LogP contribution in [0.2, 0.25) is 5.02 Å². The van der Waals surface area contributed by atoms with E-state index in [9.17, 15) is 8.42 Å². The van der Waals surface area contributed by atoms with Gasteiger partial charge in [0, 0.05) is 38.4 Å². The van der Waals surface area contributed by atoms with Gasteiger partial charge in [0.2, 0.25) is 10.0 Å². The first-order valence-corrected chi connectivity index (χ1v) is 8.79. The van der Waals surface area contributed by atoms with Crippen molar-refractivity contribution < 1.29 is 13.2 Å². The molecule has 0 aliphatic carbocycles. The van der Waals surface area contributed by atoms with Gasteiger partial charge < -0.3 is 10.5 Å². The van der Waals surface area contributed by atoms with Crippen LogP contribution in [0.15, 0.2) is 23.1 Å². The second-order valence-electron chi connectivity index (χ2n) is 5.30. The van der Waals surface area contributed by atoms with E-state index in [2.05, 4.69) is 0 Å². The molecule has 2 N–H and O–H groups in total. The number of benzene rings is 1. The van der Waals surface area contributed by atoms with Crippen molar-refractivity contribution in [3.63, 3.8) is 0 Å². The van der Waals surface area contributed by atoms with E-state index in [4.69, 9.17) is 22.1 Å². The Morgan fingerprint density at radius 1 is 1.38 bits per heavy atom. The van der Waals surface area contributed by atoms with Gasteiger partial charge in [-0.2, -0.15) is 0 Å². The van der Waals surface area contributed by atoms with Gasteiger partial charge in [-0.3, -0.25) is 0 Å². The fourth-order valence-electron chi connectivity index (χ4n) is 2.42. The number of nitrogens with zero attached hydrogens (tertiary/aromatic N) is 1. The second-order valence-corrected chi connectivity index (χ2v) is 7.75. The van der Waals surface area contributed by atoms with E-state index < -0.39 is 10.0 Å². The second kappa shape index (κ2) is 7.07. The molecular weight excluding hydrogens is 312 g/mol. The quantitative estimate of drug-likeness (QED) is 0.893. The van der Waals surface area contributed by atoms with E-state index in [0.29, 0.717) is 30.7 Å². The lowest BCUT2D eigenvalue weighted by Crippen LogP contribution is -2.34. The lowest BCUT2D eigenvalue weighted by atomic mass is 10.0. The molecule has 0 amide bonds. The highest BCUT2D eigenvalue weighted by atomic mass is 35.5. The smallest absolute Gasteiger partial charge is 0.242 e. The normalized spacial score (nSPS) is 17.3. The number of nitrogens with two attached hydrogens (primary N) is 1. The summed E-state index contributed by atoms with van der Waals surface area (Å²) in [5.74, 6) is 0.345. The van der Waals surface area contributed by atoms with Crippen LogP contribution in [0.25, 0.3) is 0 Å². The summed E-state index contributed by atoms with van der Waals surface area (Å²) in [6.45, 7) is 2.20. The summed E-state index contributed by atoms with van der Waals surface area (Å²) < 4.78 is 31.8. The number of hydrogen-bond donors (Lipinski definition) is 1. The summed E-state index contributed by atoms with van der Waals surface area (Å²) in [7, 11) is -1.91. The zero-order valence-electron chi connectivity index (χ0n) is 12.1. The van der Waals surface area contributed by atoms with Gasteiger partial charge in [0.05, 0.1) is 4.90 Å². The molecule has 1 aromatic rings. The van der Waals surface area contributed by atoms with Gasteiger partial charge in [0.15, 0.2) is 0 Å². The number of hydrogen-bond acceptors (Lipinski definition) is 4. The molecule has 1 aliphatic rings. The Bertz CT molecular complexity index is 586. The average molecular weight is 333 g/mol. The van der Waals surface area contributed by atoms with E-state index in [1.165, 1.54) is 10.4 Å². The first kappa shape index (κ1) is 16.7. The zero-order chi connectivity index (χ0) is 15.5. The van der Waals surface area contributed by atoms with Gasteiger partial charge in [-0.1, -0.05) is 17.7 Å². The molecule has 21 heavy (non-hydrogen) atoms. The largest absolute Gasteiger partial charge is 0.381 e. The molecule has 0 radical (unpaired) electrons. The lowest BCUT2D eigenvalue weighted by molar-refractivity contribution is 0.0620. The lowest BCUT2D eigenvalue weighted by Gasteiger charge is -2.26. The van der Waals surface area contributed by atoms with Crippen LogP contribution in [0.1, 0.15) is 18.4 Å². The van der Waals surface area contributed by atoms with Crippen LogP contribution < -0.4 is 5.73 Å². The standard InChI is InChI=1S/C14H21ClN2O3S/c1-17(10-11-4-6-20-7-5-11)21(18,19)13-3-2-12(9-16)14(15)8-13/h2-3,8,11H,4-7,9-10,16H2,1H3. The Hall–Kier alpha value is -0.660. The Labute approximate surface area is 131 Å². The molecule has 1 heterocycles. The van der Waals surface area contributed by atoms with E-state index in [1.54, 1.807) is 19.2 Å². The fourth-order valence-corrected chi connectivity index (χ4v) is 4.02. The van der Waals surface area contributed by atoms with Gasteiger partial charge in [0.25, 0.3) is 0 Å². The van der Waals surface area contributed by atoms with Crippen molar-refractivity contribution in [3.8, 4) is 0 Å². The number of ether oxygens (including phenoxy) is 1. The minimum atomic E-state index is -3.52. The van der Waals surface area contributed by atoms with Crippen molar-refractivity contribution in [1.82, 2.24) is 4.31 Å². The number of halogens is 1. The summed E-state index contributed by atoms with van der Waals surface area (Å²) >= 11 is 6.05. The van der Waals surface area contributed by atoms with Crippen molar-refractivity contribution in [2.45, 2.75) is 24.3 Å². The van der Waals surface area contributed by atoms with Crippen molar-refractivity contribution in [3.05, 3.63) is 28.8 Å². The van der Waals surface area contributed by atoms with Gasteiger partial charge in [-0.25, -0.2) is 12.7 Å². The predicted molar refractivity (Wildman–Crippen MR) is 82.7 cm³/mol. The van der Waals surface area contributed by atoms with Crippen molar-refractivity contribution in [1.29, 1.82) is 0 Å². The number of sulfonamides is 1. The summed E-state index contributed by atoms with van der Waals surface area (Å²) in [4.78, 5) is 0.208. The Balaban J connectivity index is 2.14. The van der Waals surface area contributed by atoms with Gasteiger partial charge in [0.1, 0.15) is 0 Å². The van der Waals surface area contributed by atoms with Gasteiger partial charge >= 0.3 is 0 Å². The minimum absolute atomic E-state index is 0.208. The van der Waals surface area contributed by atoms with Crippen molar-refractivity contribution in [2.24, 2.45) is 11.7 Å². The van der Waals surface area contributed by atoms with Gasteiger partial charge in [-0.15, -0.1) is 0 Å². The summed E-state index contributed by atoms with van der Waals surface area (Å²) in [6.07, 6.45) is 1.79. The number of rotatable bonds is 5. The third-order valence-corrected chi connectivity index (χ3v) is 5.98. The van der Waals surface area contributed by atoms with Crippen LogP contribution in [-0.4, -0.2) is 39.5 Å². The van der Waals surface area contributed by atoms with Crippen LogP contribution in [0.3, 0.4) is 0 Å². The fraction of sp³-hybridized carbons (Fsp3) is 0.571. The maximum absolute atomic E-state index is 12.6. The third kappa shape index (κ3) is 3.96. The highest BCUT2D eigenvalue weighted by Gasteiger charge is 2.25. The summed E-state index contributed by atoms with van der Waals surface area (Å²) in [6, 6.07) is 4.70. The Kier molecular flexibility index (Phi) is 5.62. The first-order valence-electron chi connectivity index (χ1n) is 6.97. The summed E-state index contributed by atoms with van der Waals surface area (Å²) in [5, 5.41) is 0.387. The topological polar surface area (TPSA) is 72.6 Å². The average Bonchev–Trinajstić information content (AvgIpc) is 2.48. The molecule has 1 fully saturated rings. The Morgan fingerprint density at radius 2 is 2.05 bits per heavy atom. The van der Waals surface area contributed by atoms with Crippen molar-refractivity contribution >= 4 is 21.6 Å². The molecule has 2 rings (SSSR count). The van der Waals surface area contributed by atoms with E-state index in [1.807, 2.05) is 0 Å². The maximum Gasteiger partial charge on any atom is 0.242 e. The maximum atomic E-state index is 12.6. The van der Waals surface area contributed by atoms with Crippen LogP contribution in [0.4, 0.5) is 0 Å². The predicted octanol–water partition coefficient (Wildman–Crippen LogP) is 1.85. The molecule has 0 unspecified atom stereocenters. The van der Waals surface area contributed by atoms with E-state index in [0.717, 1.165) is 18.4 Å². The third-order valence-electron chi connectivity index (χ3n) is 3.81. The molecule has 5 nitrogen and oxygen atoms in total. The molecular formula is C14H21ClN2O3S. The van der Waals surface area contributed by atoms with Gasteiger partial charge in [-0.05, 0) is 36.5 Å².